The standard InChI is InChI=1S/C20H28N4O2S/c1-15(2)21-18(25)14-23-10-12-24(13-11-23)20(26)9-5-8-19-22-16-6-3-4-7-17(16)27-19/h3-4,6-7,15H,5,8-14H2,1-2H3,(H,21,25). The van der Waals surface area contributed by atoms with Crippen molar-refractivity contribution in [3.05, 3.63) is 29.3 Å². The predicted octanol–water partition coefficient (Wildman–Crippen LogP) is 2.29. The Labute approximate surface area is 164 Å². The number of amides is 2. The van der Waals surface area contributed by atoms with Crippen LogP contribution in [0.4, 0.5) is 0 Å². The van der Waals surface area contributed by atoms with Crippen LogP contribution in [0.2, 0.25) is 0 Å². The fraction of sp³-hybridized carbons (Fsp3) is 0.550. The van der Waals surface area contributed by atoms with Crippen molar-refractivity contribution < 1.29 is 9.59 Å². The Bertz CT molecular complexity index is 748. The average molecular weight is 389 g/mol. The molecule has 3 rings (SSSR count). The molecule has 2 amide bonds. The Morgan fingerprint density at radius 1 is 1.19 bits per heavy atom. The number of carbonyl (C=O) groups excluding carboxylic acids is 2. The molecule has 146 valence electrons. The molecule has 1 fully saturated rings. The molecule has 0 unspecified atom stereocenters. The first-order valence-electron chi connectivity index (χ1n) is 9.65. The first-order chi connectivity index (χ1) is 13.0. The second kappa shape index (κ2) is 9.28. The summed E-state index contributed by atoms with van der Waals surface area (Å²) in [4.78, 5) is 33.0. The molecule has 1 aliphatic rings. The number of rotatable bonds is 7. The molecule has 6 nitrogen and oxygen atoms in total. The van der Waals surface area contributed by atoms with Gasteiger partial charge in [-0.1, -0.05) is 12.1 Å². The maximum Gasteiger partial charge on any atom is 0.234 e. The summed E-state index contributed by atoms with van der Waals surface area (Å²) < 4.78 is 1.21. The van der Waals surface area contributed by atoms with Gasteiger partial charge >= 0.3 is 0 Å². The van der Waals surface area contributed by atoms with Crippen LogP contribution < -0.4 is 5.32 Å². The smallest absolute Gasteiger partial charge is 0.234 e. The topological polar surface area (TPSA) is 65.5 Å². The number of carbonyl (C=O) groups is 2. The number of piperazine rings is 1. The number of aromatic nitrogens is 1. The largest absolute Gasteiger partial charge is 0.353 e. The molecule has 0 bridgehead atoms. The number of aryl methyl sites for hydroxylation is 1. The van der Waals surface area contributed by atoms with E-state index in [1.54, 1.807) is 11.3 Å². The zero-order chi connectivity index (χ0) is 19.2. The zero-order valence-electron chi connectivity index (χ0n) is 16.1. The van der Waals surface area contributed by atoms with Crippen molar-refractivity contribution in [2.45, 2.75) is 39.2 Å². The van der Waals surface area contributed by atoms with Gasteiger partial charge in [-0.2, -0.15) is 0 Å². The lowest BCUT2D eigenvalue weighted by molar-refractivity contribution is -0.133. The highest BCUT2D eigenvalue weighted by Crippen LogP contribution is 2.22. The Kier molecular flexibility index (Phi) is 6.79. The van der Waals surface area contributed by atoms with E-state index in [-0.39, 0.29) is 17.9 Å². The predicted molar refractivity (Wildman–Crippen MR) is 109 cm³/mol. The highest BCUT2D eigenvalue weighted by molar-refractivity contribution is 7.18. The summed E-state index contributed by atoms with van der Waals surface area (Å²) in [7, 11) is 0. The van der Waals surface area contributed by atoms with Gasteiger partial charge in [-0.15, -0.1) is 11.3 Å². The van der Waals surface area contributed by atoms with Gasteiger partial charge in [-0.3, -0.25) is 14.5 Å². The summed E-state index contributed by atoms with van der Waals surface area (Å²) in [6, 6.07) is 8.31. The van der Waals surface area contributed by atoms with Crippen molar-refractivity contribution in [2.75, 3.05) is 32.7 Å². The molecule has 0 radical (unpaired) electrons. The first kappa shape index (κ1) is 19.8. The molecule has 0 aliphatic carbocycles. The van der Waals surface area contributed by atoms with Crippen LogP contribution in [0.25, 0.3) is 10.2 Å². The monoisotopic (exact) mass is 388 g/mol. The SMILES string of the molecule is CC(C)NC(=O)CN1CCN(C(=O)CCCc2nc3ccccc3s2)CC1. The Balaban J connectivity index is 1.37. The molecule has 1 N–H and O–H groups in total. The summed E-state index contributed by atoms with van der Waals surface area (Å²) in [5.74, 6) is 0.267. The van der Waals surface area contributed by atoms with Gasteiger partial charge in [-0.25, -0.2) is 4.98 Å². The normalized spacial score (nSPS) is 15.4. The Hall–Kier alpha value is -1.99. The molecule has 0 spiro atoms. The van der Waals surface area contributed by atoms with Gasteiger partial charge in [0.25, 0.3) is 0 Å². The molecule has 2 heterocycles. The van der Waals surface area contributed by atoms with Gasteiger partial charge in [0.05, 0.1) is 21.8 Å². The Morgan fingerprint density at radius 2 is 1.93 bits per heavy atom. The highest BCUT2D eigenvalue weighted by Gasteiger charge is 2.22. The van der Waals surface area contributed by atoms with Crippen molar-refractivity contribution in [2.24, 2.45) is 0 Å². The van der Waals surface area contributed by atoms with E-state index in [2.05, 4.69) is 21.3 Å². The summed E-state index contributed by atoms with van der Waals surface area (Å²) in [6.07, 6.45) is 2.24. The van der Waals surface area contributed by atoms with E-state index < -0.39 is 0 Å². The van der Waals surface area contributed by atoms with Crippen LogP contribution in [0.15, 0.2) is 24.3 Å². The number of hydrogen-bond acceptors (Lipinski definition) is 5. The number of thiazole rings is 1. The maximum atomic E-state index is 12.4. The molecule has 1 aliphatic heterocycles. The number of benzene rings is 1. The van der Waals surface area contributed by atoms with Gasteiger partial charge in [0, 0.05) is 38.6 Å². The molecular weight excluding hydrogens is 360 g/mol. The van der Waals surface area contributed by atoms with Crippen LogP contribution in [-0.4, -0.2) is 65.4 Å². The molecule has 1 aromatic carbocycles. The number of nitrogens with zero attached hydrogens (tertiary/aromatic N) is 3. The van der Waals surface area contributed by atoms with Crippen LogP contribution in [-0.2, 0) is 16.0 Å². The lowest BCUT2D eigenvalue weighted by atomic mass is 10.2. The third-order valence-electron chi connectivity index (χ3n) is 4.66. The number of nitrogens with one attached hydrogen (secondary N) is 1. The van der Waals surface area contributed by atoms with Crippen molar-refractivity contribution in [1.29, 1.82) is 0 Å². The minimum atomic E-state index is 0.0561. The second-order valence-electron chi connectivity index (χ2n) is 7.31. The van der Waals surface area contributed by atoms with E-state index in [0.29, 0.717) is 26.1 Å². The van der Waals surface area contributed by atoms with E-state index in [1.807, 2.05) is 36.9 Å². The van der Waals surface area contributed by atoms with Gasteiger partial charge in [0.15, 0.2) is 0 Å². The molecule has 7 heteroatoms. The molecule has 0 saturated carbocycles. The fourth-order valence-electron chi connectivity index (χ4n) is 3.30. The van der Waals surface area contributed by atoms with Crippen molar-refractivity contribution in [3.8, 4) is 0 Å². The van der Waals surface area contributed by atoms with Gasteiger partial charge in [0.1, 0.15) is 0 Å². The lowest BCUT2D eigenvalue weighted by Gasteiger charge is -2.34. The first-order valence-corrected chi connectivity index (χ1v) is 10.5. The second-order valence-corrected chi connectivity index (χ2v) is 8.42. The quantitative estimate of drug-likeness (QED) is 0.790. The summed E-state index contributed by atoms with van der Waals surface area (Å²) >= 11 is 1.71. The zero-order valence-corrected chi connectivity index (χ0v) is 16.9. The highest BCUT2D eigenvalue weighted by atomic mass is 32.1. The third-order valence-corrected chi connectivity index (χ3v) is 5.76. The molecule has 0 atom stereocenters. The minimum absolute atomic E-state index is 0.0561. The molecular formula is C20H28N4O2S. The number of fused-ring (bicyclic) bond motifs is 1. The fourth-order valence-corrected chi connectivity index (χ4v) is 4.31. The van der Waals surface area contributed by atoms with Gasteiger partial charge in [-0.05, 0) is 38.8 Å². The lowest BCUT2D eigenvalue weighted by Crippen LogP contribution is -2.51. The van der Waals surface area contributed by atoms with E-state index in [0.717, 1.165) is 36.5 Å². The van der Waals surface area contributed by atoms with Crippen LogP contribution >= 0.6 is 11.3 Å². The molecule has 27 heavy (non-hydrogen) atoms. The van der Waals surface area contributed by atoms with Gasteiger partial charge in [0.2, 0.25) is 11.8 Å². The van der Waals surface area contributed by atoms with E-state index in [9.17, 15) is 9.59 Å². The molecule has 2 aromatic rings. The van der Waals surface area contributed by atoms with E-state index >= 15 is 0 Å². The van der Waals surface area contributed by atoms with Crippen molar-refractivity contribution >= 4 is 33.4 Å². The number of para-hydroxylation sites is 1. The molecule has 1 aromatic heterocycles. The summed E-state index contributed by atoms with van der Waals surface area (Å²) in [5, 5.41) is 4.01. The molecule has 1 saturated heterocycles. The summed E-state index contributed by atoms with van der Waals surface area (Å²) in [6.45, 7) is 7.26. The van der Waals surface area contributed by atoms with Crippen molar-refractivity contribution in [1.82, 2.24) is 20.1 Å². The minimum Gasteiger partial charge on any atom is -0.353 e. The Morgan fingerprint density at radius 3 is 2.63 bits per heavy atom. The number of hydrogen-bond donors (Lipinski definition) is 1. The summed E-state index contributed by atoms with van der Waals surface area (Å²) in [5.41, 5.74) is 1.04. The van der Waals surface area contributed by atoms with Crippen molar-refractivity contribution in [3.63, 3.8) is 0 Å². The van der Waals surface area contributed by atoms with Gasteiger partial charge < -0.3 is 10.2 Å². The maximum absolute atomic E-state index is 12.4. The average Bonchev–Trinajstić information content (AvgIpc) is 3.04. The van der Waals surface area contributed by atoms with Crippen LogP contribution in [0, 0.1) is 0 Å². The van der Waals surface area contributed by atoms with Crippen LogP contribution in [0.1, 0.15) is 31.7 Å². The van der Waals surface area contributed by atoms with Crippen LogP contribution in [0.3, 0.4) is 0 Å². The third kappa shape index (κ3) is 5.74. The van der Waals surface area contributed by atoms with E-state index in [1.165, 1.54) is 4.70 Å². The van der Waals surface area contributed by atoms with E-state index in [4.69, 9.17) is 0 Å². The van der Waals surface area contributed by atoms with Crippen LogP contribution in [0.5, 0.6) is 0 Å².